The van der Waals surface area contributed by atoms with Gasteiger partial charge in [0.1, 0.15) is 11.5 Å². The highest BCUT2D eigenvalue weighted by atomic mass is 19.1. The average Bonchev–Trinajstić information content (AvgIpc) is 2.52. The van der Waals surface area contributed by atoms with Gasteiger partial charge in [0.15, 0.2) is 0 Å². The number of aryl methyl sites for hydroxylation is 1. The van der Waals surface area contributed by atoms with Crippen LogP contribution < -0.4 is 0 Å². The number of hydrogen-bond acceptors (Lipinski definition) is 2. The molecule has 0 aliphatic heterocycles. The third-order valence-electron chi connectivity index (χ3n) is 1.80. The predicted molar refractivity (Wildman–Crippen MR) is 46.1 cm³/mol. The Morgan fingerprint density at radius 1 is 1.31 bits per heavy atom. The maximum absolute atomic E-state index is 13.2. The van der Waals surface area contributed by atoms with Gasteiger partial charge in [0.05, 0.1) is 11.9 Å². The van der Waals surface area contributed by atoms with Gasteiger partial charge in [0.2, 0.25) is 0 Å². The second kappa shape index (κ2) is 2.97. The summed E-state index contributed by atoms with van der Waals surface area (Å²) in [6, 6.07) is 6.47. The van der Waals surface area contributed by atoms with E-state index in [0.717, 1.165) is 5.69 Å². The van der Waals surface area contributed by atoms with E-state index in [-0.39, 0.29) is 5.82 Å². The van der Waals surface area contributed by atoms with Crippen LogP contribution in [0.4, 0.5) is 4.39 Å². The fraction of sp³-hybridized carbons (Fsp3) is 0.111. The predicted octanol–water partition coefficient (Wildman–Crippen LogP) is 1.71. The molecule has 66 valence electrons. The van der Waals surface area contributed by atoms with Crippen LogP contribution in [-0.2, 0) is 0 Å². The molecule has 0 saturated heterocycles. The quantitative estimate of drug-likeness (QED) is 0.664. The molecular formula is C9H8FN3. The van der Waals surface area contributed by atoms with E-state index in [2.05, 4.69) is 10.3 Å². The summed E-state index contributed by atoms with van der Waals surface area (Å²) in [7, 11) is 0. The standard InChI is InChI=1S/C9H8FN3/c1-7-6-11-12-13(7)9-5-3-2-4-8(9)10/h2-6H,1H3. The topological polar surface area (TPSA) is 30.7 Å². The lowest BCUT2D eigenvalue weighted by atomic mass is 10.3. The molecular weight excluding hydrogens is 169 g/mol. The zero-order valence-corrected chi connectivity index (χ0v) is 7.11. The van der Waals surface area contributed by atoms with Crippen molar-refractivity contribution in [3.05, 3.63) is 42.0 Å². The number of nitrogens with zero attached hydrogens (tertiary/aromatic N) is 3. The van der Waals surface area contributed by atoms with Crippen LogP contribution in [0.15, 0.2) is 30.5 Å². The molecule has 0 saturated carbocycles. The van der Waals surface area contributed by atoms with E-state index in [4.69, 9.17) is 0 Å². The second-order valence-electron chi connectivity index (χ2n) is 2.74. The zero-order chi connectivity index (χ0) is 9.26. The summed E-state index contributed by atoms with van der Waals surface area (Å²) in [5.41, 5.74) is 1.24. The summed E-state index contributed by atoms with van der Waals surface area (Å²) < 4.78 is 14.7. The zero-order valence-electron chi connectivity index (χ0n) is 7.11. The van der Waals surface area contributed by atoms with Crippen molar-refractivity contribution in [3.8, 4) is 5.69 Å². The molecule has 1 aromatic carbocycles. The van der Waals surface area contributed by atoms with Gasteiger partial charge in [-0.25, -0.2) is 9.07 Å². The molecule has 0 radical (unpaired) electrons. The Labute approximate surface area is 74.8 Å². The summed E-state index contributed by atoms with van der Waals surface area (Å²) in [6.45, 7) is 1.83. The monoisotopic (exact) mass is 177 g/mol. The molecule has 0 amide bonds. The molecule has 1 aromatic heterocycles. The van der Waals surface area contributed by atoms with Gasteiger partial charge in [-0.05, 0) is 19.1 Å². The van der Waals surface area contributed by atoms with Crippen molar-refractivity contribution in [2.45, 2.75) is 6.92 Å². The number of hydrogen-bond donors (Lipinski definition) is 0. The first-order chi connectivity index (χ1) is 6.29. The first kappa shape index (κ1) is 7.91. The Kier molecular flexibility index (Phi) is 1.81. The third-order valence-corrected chi connectivity index (χ3v) is 1.80. The molecule has 2 rings (SSSR count). The molecule has 0 unspecified atom stereocenters. The van der Waals surface area contributed by atoms with Crippen molar-refractivity contribution in [1.82, 2.24) is 15.0 Å². The van der Waals surface area contributed by atoms with Crippen LogP contribution in [0.5, 0.6) is 0 Å². The lowest BCUT2D eigenvalue weighted by molar-refractivity contribution is 0.604. The van der Waals surface area contributed by atoms with E-state index in [9.17, 15) is 4.39 Å². The average molecular weight is 177 g/mol. The molecule has 2 aromatic rings. The number of halogens is 1. The van der Waals surface area contributed by atoms with Gasteiger partial charge >= 0.3 is 0 Å². The number of benzene rings is 1. The van der Waals surface area contributed by atoms with E-state index in [1.807, 2.05) is 6.92 Å². The minimum Gasteiger partial charge on any atom is -0.215 e. The van der Waals surface area contributed by atoms with Crippen molar-refractivity contribution in [1.29, 1.82) is 0 Å². The van der Waals surface area contributed by atoms with Gasteiger partial charge in [-0.2, -0.15) is 0 Å². The van der Waals surface area contributed by atoms with Crippen LogP contribution in [0.1, 0.15) is 5.69 Å². The summed E-state index contributed by atoms with van der Waals surface area (Å²) in [5, 5.41) is 7.46. The van der Waals surface area contributed by atoms with Crippen LogP contribution in [0.2, 0.25) is 0 Å². The number of aromatic nitrogens is 3. The molecule has 1 heterocycles. The van der Waals surface area contributed by atoms with Crippen LogP contribution in [0.3, 0.4) is 0 Å². The highest BCUT2D eigenvalue weighted by molar-refractivity contribution is 5.33. The van der Waals surface area contributed by atoms with Crippen LogP contribution in [0, 0.1) is 12.7 Å². The largest absolute Gasteiger partial charge is 0.215 e. The summed E-state index contributed by atoms with van der Waals surface area (Å²) in [5.74, 6) is -0.295. The molecule has 0 atom stereocenters. The number of para-hydroxylation sites is 1. The summed E-state index contributed by atoms with van der Waals surface area (Å²) in [6.07, 6.45) is 1.59. The van der Waals surface area contributed by atoms with Crippen molar-refractivity contribution < 1.29 is 4.39 Å². The fourth-order valence-corrected chi connectivity index (χ4v) is 1.15. The Hall–Kier alpha value is -1.71. The Morgan fingerprint density at radius 2 is 2.08 bits per heavy atom. The first-order valence-electron chi connectivity index (χ1n) is 3.91. The highest BCUT2D eigenvalue weighted by Gasteiger charge is 2.05. The highest BCUT2D eigenvalue weighted by Crippen LogP contribution is 2.12. The van der Waals surface area contributed by atoms with Crippen molar-refractivity contribution in [2.75, 3.05) is 0 Å². The fourth-order valence-electron chi connectivity index (χ4n) is 1.15. The van der Waals surface area contributed by atoms with Gasteiger partial charge in [-0.1, -0.05) is 17.3 Å². The minimum absolute atomic E-state index is 0.295. The molecule has 0 aliphatic carbocycles. The Balaban J connectivity index is 2.59. The SMILES string of the molecule is Cc1cnnn1-c1ccccc1F. The molecule has 0 bridgehead atoms. The Bertz CT molecular complexity index is 422. The van der Waals surface area contributed by atoms with Gasteiger partial charge in [0, 0.05) is 0 Å². The van der Waals surface area contributed by atoms with Crippen molar-refractivity contribution in [3.63, 3.8) is 0 Å². The van der Waals surface area contributed by atoms with E-state index in [1.165, 1.54) is 10.7 Å². The van der Waals surface area contributed by atoms with E-state index in [1.54, 1.807) is 24.4 Å². The lowest BCUT2D eigenvalue weighted by Crippen LogP contribution is -2.01. The Morgan fingerprint density at radius 3 is 2.69 bits per heavy atom. The van der Waals surface area contributed by atoms with Gasteiger partial charge in [0.25, 0.3) is 0 Å². The van der Waals surface area contributed by atoms with Gasteiger partial charge in [-0.15, -0.1) is 5.10 Å². The van der Waals surface area contributed by atoms with Gasteiger partial charge in [-0.3, -0.25) is 0 Å². The molecule has 0 aliphatic rings. The maximum Gasteiger partial charge on any atom is 0.148 e. The summed E-state index contributed by atoms with van der Waals surface area (Å²) >= 11 is 0. The van der Waals surface area contributed by atoms with Crippen molar-refractivity contribution in [2.24, 2.45) is 0 Å². The van der Waals surface area contributed by atoms with Crippen LogP contribution >= 0.6 is 0 Å². The maximum atomic E-state index is 13.2. The first-order valence-corrected chi connectivity index (χ1v) is 3.91. The normalized spacial score (nSPS) is 10.3. The third kappa shape index (κ3) is 1.30. The molecule has 0 fully saturated rings. The van der Waals surface area contributed by atoms with Gasteiger partial charge < -0.3 is 0 Å². The van der Waals surface area contributed by atoms with E-state index >= 15 is 0 Å². The molecule has 0 N–H and O–H groups in total. The molecule has 13 heavy (non-hydrogen) atoms. The number of rotatable bonds is 1. The molecule has 4 heteroatoms. The molecule has 0 spiro atoms. The summed E-state index contributed by atoms with van der Waals surface area (Å²) in [4.78, 5) is 0. The van der Waals surface area contributed by atoms with E-state index in [0.29, 0.717) is 5.69 Å². The van der Waals surface area contributed by atoms with E-state index < -0.39 is 0 Å². The van der Waals surface area contributed by atoms with Crippen LogP contribution in [0.25, 0.3) is 5.69 Å². The van der Waals surface area contributed by atoms with Crippen LogP contribution in [-0.4, -0.2) is 15.0 Å². The lowest BCUT2D eigenvalue weighted by Gasteiger charge is -2.02. The second-order valence-corrected chi connectivity index (χ2v) is 2.74. The minimum atomic E-state index is -0.295. The smallest absolute Gasteiger partial charge is 0.148 e. The molecule has 3 nitrogen and oxygen atoms in total. The van der Waals surface area contributed by atoms with Crippen molar-refractivity contribution >= 4 is 0 Å².